The third-order valence-corrected chi connectivity index (χ3v) is 4.73. The van der Waals surface area contributed by atoms with Gasteiger partial charge in [-0.15, -0.1) is 11.3 Å². The number of hydrogen-bond acceptors (Lipinski definition) is 4. The Morgan fingerprint density at radius 1 is 1.24 bits per heavy atom. The number of aryl methyl sites for hydroxylation is 1. The molecule has 2 N–H and O–H groups in total. The van der Waals surface area contributed by atoms with Crippen LogP contribution < -0.4 is 10.0 Å². The number of thiophene rings is 1. The average Bonchev–Trinajstić information content (AvgIpc) is 2.84. The lowest BCUT2D eigenvalue weighted by molar-refractivity contribution is -0.121. The van der Waals surface area contributed by atoms with Crippen molar-refractivity contribution in [2.75, 3.05) is 19.3 Å². The largest absolute Gasteiger partial charge is 0.355 e. The summed E-state index contributed by atoms with van der Waals surface area (Å²) in [6.07, 6.45) is 2.19. The van der Waals surface area contributed by atoms with Crippen molar-refractivity contribution in [3.05, 3.63) is 35.2 Å². The molecule has 0 radical (unpaired) electrons. The smallest absolute Gasteiger partial charge is 0.220 e. The number of amides is 1. The van der Waals surface area contributed by atoms with Crippen molar-refractivity contribution in [1.29, 1.82) is 0 Å². The second kappa shape index (κ2) is 7.02. The van der Waals surface area contributed by atoms with Gasteiger partial charge < -0.3 is 5.32 Å². The minimum atomic E-state index is -3.19. The van der Waals surface area contributed by atoms with Gasteiger partial charge >= 0.3 is 0 Å². The maximum atomic E-state index is 11.7. The summed E-state index contributed by atoms with van der Waals surface area (Å²) in [7, 11) is -3.19. The molecule has 0 spiro atoms. The zero-order valence-electron chi connectivity index (χ0n) is 11.8. The van der Waals surface area contributed by atoms with Crippen LogP contribution in [0.3, 0.4) is 0 Å². The first kappa shape index (κ1) is 15.9. The topological polar surface area (TPSA) is 75.3 Å². The Hall–Kier alpha value is -1.44. The van der Waals surface area contributed by atoms with Crippen LogP contribution >= 0.6 is 11.3 Å². The van der Waals surface area contributed by atoms with Crippen LogP contribution in [0.25, 0.3) is 10.1 Å². The molecule has 1 heterocycles. The number of rotatable bonds is 7. The van der Waals surface area contributed by atoms with Crippen molar-refractivity contribution in [2.45, 2.75) is 12.8 Å². The molecule has 5 nitrogen and oxygen atoms in total. The normalized spacial score (nSPS) is 11.7. The van der Waals surface area contributed by atoms with Crippen LogP contribution in [-0.2, 0) is 21.2 Å². The molecule has 0 aliphatic rings. The van der Waals surface area contributed by atoms with Gasteiger partial charge in [0.05, 0.1) is 6.26 Å². The van der Waals surface area contributed by atoms with Gasteiger partial charge in [0.15, 0.2) is 0 Å². The number of benzene rings is 1. The lowest BCUT2D eigenvalue weighted by Gasteiger charge is -2.05. The number of carbonyl (C=O) groups excluding carboxylic acids is 1. The Kier molecular flexibility index (Phi) is 5.33. The van der Waals surface area contributed by atoms with Gasteiger partial charge in [-0.2, -0.15) is 0 Å². The fourth-order valence-electron chi connectivity index (χ4n) is 2.00. The predicted molar refractivity (Wildman–Crippen MR) is 86.0 cm³/mol. The van der Waals surface area contributed by atoms with Gasteiger partial charge in [-0.25, -0.2) is 13.1 Å². The van der Waals surface area contributed by atoms with E-state index in [1.54, 1.807) is 11.3 Å². The summed E-state index contributed by atoms with van der Waals surface area (Å²) in [5.41, 5.74) is 1.18. The quantitative estimate of drug-likeness (QED) is 0.757. The monoisotopic (exact) mass is 326 g/mol. The number of hydrogen-bond donors (Lipinski definition) is 2. The second-order valence-corrected chi connectivity index (χ2v) is 7.52. The van der Waals surface area contributed by atoms with E-state index in [-0.39, 0.29) is 12.5 Å². The van der Waals surface area contributed by atoms with E-state index in [0.29, 0.717) is 19.4 Å². The van der Waals surface area contributed by atoms with Gasteiger partial charge in [0.25, 0.3) is 0 Å². The van der Waals surface area contributed by atoms with Crippen LogP contribution in [0.1, 0.15) is 12.0 Å². The van der Waals surface area contributed by atoms with E-state index >= 15 is 0 Å². The molecule has 0 atom stereocenters. The highest BCUT2D eigenvalue weighted by molar-refractivity contribution is 7.88. The van der Waals surface area contributed by atoms with Gasteiger partial charge in [-0.05, 0) is 28.8 Å². The van der Waals surface area contributed by atoms with Crippen molar-refractivity contribution >= 4 is 37.4 Å². The van der Waals surface area contributed by atoms with Crippen LogP contribution in [0.4, 0.5) is 0 Å². The standard InChI is InChI=1S/C14H18N2O3S2/c1-21(18,19)16-9-8-15-14(17)7-6-11-10-20-13-5-3-2-4-12(11)13/h2-5,10,16H,6-9H2,1H3,(H,15,17). The van der Waals surface area contributed by atoms with Gasteiger partial charge in [-0.3, -0.25) is 4.79 Å². The summed E-state index contributed by atoms with van der Waals surface area (Å²) in [5, 5.41) is 5.99. The number of fused-ring (bicyclic) bond motifs is 1. The van der Waals surface area contributed by atoms with Crippen molar-refractivity contribution in [1.82, 2.24) is 10.0 Å². The van der Waals surface area contributed by atoms with E-state index in [9.17, 15) is 13.2 Å². The van der Waals surface area contributed by atoms with Crippen LogP contribution in [0.15, 0.2) is 29.6 Å². The van der Waals surface area contributed by atoms with Crippen LogP contribution in [0, 0.1) is 0 Å². The van der Waals surface area contributed by atoms with Crippen molar-refractivity contribution in [3.63, 3.8) is 0 Å². The summed E-state index contributed by atoms with van der Waals surface area (Å²) >= 11 is 1.68. The molecule has 1 amide bonds. The minimum Gasteiger partial charge on any atom is -0.355 e. The van der Waals surface area contributed by atoms with E-state index < -0.39 is 10.0 Å². The Morgan fingerprint density at radius 3 is 2.76 bits per heavy atom. The number of carbonyl (C=O) groups is 1. The Bertz CT molecular complexity index is 723. The van der Waals surface area contributed by atoms with E-state index in [0.717, 1.165) is 6.26 Å². The number of sulfonamides is 1. The fraction of sp³-hybridized carbons (Fsp3) is 0.357. The first-order valence-electron chi connectivity index (χ1n) is 6.62. The lowest BCUT2D eigenvalue weighted by Crippen LogP contribution is -2.34. The summed E-state index contributed by atoms with van der Waals surface area (Å²) < 4.78 is 25.3. The molecule has 0 aliphatic carbocycles. The number of nitrogens with one attached hydrogen (secondary N) is 2. The molecule has 0 bridgehead atoms. The molecule has 0 aliphatic heterocycles. The SMILES string of the molecule is CS(=O)(=O)NCCNC(=O)CCc1csc2ccccc12. The maximum absolute atomic E-state index is 11.7. The molecular weight excluding hydrogens is 308 g/mol. The van der Waals surface area contributed by atoms with Crippen molar-refractivity contribution in [3.8, 4) is 0 Å². The lowest BCUT2D eigenvalue weighted by atomic mass is 10.1. The van der Waals surface area contributed by atoms with E-state index in [2.05, 4.69) is 27.6 Å². The van der Waals surface area contributed by atoms with E-state index in [4.69, 9.17) is 0 Å². The molecule has 0 saturated carbocycles. The van der Waals surface area contributed by atoms with E-state index in [1.165, 1.54) is 15.6 Å². The summed E-state index contributed by atoms with van der Waals surface area (Å²) in [6, 6.07) is 8.13. The Morgan fingerprint density at radius 2 is 2.00 bits per heavy atom. The highest BCUT2D eigenvalue weighted by atomic mass is 32.2. The second-order valence-electron chi connectivity index (χ2n) is 4.77. The third kappa shape index (κ3) is 5.11. The molecule has 2 aromatic rings. The molecule has 0 fully saturated rings. The van der Waals surface area contributed by atoms with Gasteiger partial charge in [-0.1, -0.05) is 18.2 Å². The molecule has 21 heavy (non-hydrogen) atoms. The van der Waals surface area contributed by atoms with Crippen molar-refractivity contribution in [2.24, 2.45) is 0 Å². The fourth-order valence-corrected chi connectivity index (χ4v) is 3.47. The maximum Gasteiger partial charge on any atom is 0.220 e. The molecule has 1 aromatic carbocycles. The van der Waals surface area contributed by atoms with Gasteiger partial charge in [0, 0.05) is 24.2 Å². The van der Waals surface area contributed by atoms with Gasteiger partial charge in [0.1, 0.15) is 0 Å². The molecule has 114 valence electrons. The third-order valence-electron chi connectivity index (χ3n) is 2.99. The zero-order valence-corrected chi connectivity index (χ0v) is 13.4. The molecule has 2 rings (SSSR count). The van der Waals surface area contributed by atoms with Crippen LogP contribution in [0.2, 0.25) is 0 Å². The van der Waals surface area contributed by atoms with E-state index in [1.807, 2.05) is 12.1 Å². The molecule has 1 aromatic heterocycles. The Balaban J connectivity index is 1.76. The zero-order chi connectivity index (χ0) is 15.3. The Labute approximate surface area is 128 Å². The highest BCUT2D eigenvalue weighted by Crippen LogP contribution is 2.26. The predicted octanol–water partition coefficient (Wildman–Crippen LogP) is 1.50. The molecule has 7 heteroatoms. The summed E-state index contributed by atoms with van der Waals surface area (Å²) in [5.74, 6) is -0.0689. The molecule has 0 saturated heterocycles. The average molecular weight is 326 g/mol. The van der Waals surface area contributed by atoms with Gasteiger partial charge in [0.2, 0.25) is 15.9 Å². The van der Waals surface area contributed by atoms with Crippen molar-refractivity contribution < 1.29 is 13.2 Å². The molecular formula is C14H18N2O3S2. The van der Waals surface area contributed by atoms with Crippen LogP contribution in [0.5, 0.6) is 0 Å². The van der Waals surface area contributed by atoms with Crippen LogP contribution in [-0.4, -0.2) is 33.7 Å². The first-order valence-corrected chi connectivity index (χ1v) is 9.39. The first-order chi connectivity index (χ1) is 9.96. The highest BCUT2D eigenvalue weighted by Gasteiger charge is 2.07. The molecule has 0 unspecified atom stereocenters. The minimum absolute atomic E-state index is 0.0689. The summed E-state index contributed by atoms with van der Waals surface area (Å²) in [6.45, 7) is 0.516. The summed E-state index contributed by atoms with van der Waals surface area (Å²) in [4.78, 5) is 11.7.